The fourth-order valence-electron chi connectivity index (χ4n) is 2.48. The number of hydrogen-bond donors (Lipinski definition) is 2. The highest BCUT2D eigenvalue weighted by Gasteiger charge is 2.11. The zero-order valence-electron chi connectivity index (χ0n) is 13.5. The summed E-state index contributed by atoms with van der Waals surface area (Å²) < 4.78 is 5.79. The first kappa shape index (κ1) is 16.6. The minimum absolute atomic E-state index is 0.314. The Morgan fingerprint density at radius 2 is 1.96 bits per heavy atom. The zero-order chi connectivity index (χ0) is 17.9. The van der Waals surface area contributed by atoms with Crippen LogP contribution in [0.25, 0.3) is 22.4 Å². The molecule has 2 heterocycles. The van der Waals surface area contributed by atoms with Crippen LogP contribution in [0.5, 0.6) is 0 Å². The summed E-state index contributed by atoms with van der Waals surface area (Å²) in [4.78, 5) is 16.5. The number of thiazole rings is 1. The Balaban J connectivity index is 1.39. The van der Waals surface area contributed by atoms with E-state index in [0.29, 0.717) is 28.2 Å². The van der Waals surface area contributed by atoms with E-state index in [1.54, 1.807) is 12.1 Å². The number of carbonyl (C=O) groups excluding carboxylic acids is 1. The first-order valence-corrected chi connectivity index (χ1v) is 9.17. The second-order valence-corrected chi connectivity index (χ2v) is 6.92. The molecule has 2 aromatic heterocycles. The molecule has 0 fully saturated rings. The number of rotatable bonds is 4. The van der Waals surface area contributed by atoms with Crippen LogP contribution in [-0.4, -0.2) is 11.0 Å². The molecule has 0 saturated heterocycles. The van der Waals surface area contributed by atoms with Gasteiger partial charge < -0.3 is 9.73 Å². The number of fused-ring (bicyclic) bond motifs is 1. The normalized spacial score (nSPS) is 10.8. The summed E-state index contributed by atoms with van der Waals surface area (Å²) in [6, 6.07) is 16.7. The number of furan rings is 1. The highest BCUT2D eigenvalue weighted by Crippen LogP contribution is 2.30. The third kappa shape index (κ3) is 3.71. The minimum atomic E-state index is -0.314. The van der Waals surface area contributed by atoms with Gasteiger partial charge in [-0.2, -0.15) is 0 Å². The van der Waals surface area contributed by atoms with Crippen LogP contribution in [0.3, 0.4) is 0 Å². The van der Waals surface area contributed by atoms with Crippen LogP contribution >= 0.6 is 22.9 Å². The Labute approximate surface area is 158 Å². The SMILES string of the molecule is O=C(NCc1ccc(Cl)cc1)Nc1nc(-c2cc3ccccc3o2)cs1. The molecule has 0 radical (unpaired) electrons. The number of anilines is 1. The molecule has 4 aromatic rings. The topological polar surface area (TPSA) is 67.2 Å². The van der Waals surface area contributed by atoms with Crippen molar-refractivity contribution in [3.63, 3.8) is 0 Å². The molecule has 26 heavy (non-hydrogen) atoms. The molecule has 5 nitrogen and oxygen atoms in total. The van der Waals surface area contributed by atoms with Crippen molar-refractivity contribution in [1.29, 1.82) is 0 Å². The van der Waals surface area contributed by atoms with E-state index in [-0.39, 0.29) is 6.03 Å². The fourth-order valence-corrected chi connectivity index (χ4v) is 3.30. The molecule has 2 N–H and O–H groups in total. The van der Waals surface area contributed by atoms with Crippen molar-refractivity contribution >= 4 is 45.1 Å². The van der Waals surface area contributed by atoms with Gasteiger partial charge in [0.05, 0.1) is 0 Å². The van der Waals surface area contributed by atoms with E-state index in [1.165, 1.54) is 11.3 Å². The summed E-state index contributed by atoms with van der Waals surface area (Å²) in [5.74, 6) is 0.678. The van der Waals surface area contributed by atoms with E-state index in [1.807, 2.05) is 47.8 Å². The summed E-state index contributed by atoms with van der Waals surface area (Å²) in [6.07, 6.45) is 0. The van der Waals surface area contributed by atoms with Crippen molar-refractivity contribution in [2.75, 3.05) is 5.32 Å². The summed E-state index contributed by atoms with van der Waals surface area (Å²) in [6.45, 7) is 0.408. The zero-order valence-corrected chi connectivity index (χ0v) is 15.1. The number of amides is 2. The molecule has 0 aliphatic rings. The monoisotopic (exact) mass is 383 g/mol. The van der Waals surface area contributed by atoms with Gasteiger partial charge in [0.1, 0.15) is 11.3 Å². The lowest BCUT2D eigenvalue weighted by Crippen LogP contribution is -2.28. The Morgan fingerprint density at radius 1 is 1.15 bits per heavy atom. The van der Waals surface area contributed by atoms with Crippen LogP contribution in [-0.2, 0) is 6.54 Å². The maximum absolute atomic E-state index is 12.0. The third-order valence-corrected chi connectivity index (χ3v) is 4.78. The second kappa shape index (κ2) is 7.19. The van der Waals surface area contributed by atoms with E-state index in [4.69, 9.17) is 16.0 Å². The first-order valence-electron chi connectivity index (χ1n) is 7.91. The van der Waals surface area contributed by atoms with Crippen molar-refractivity contribution in [1.82, 2.24) is 10.3 Å². The van der Waals surface area contributed by atoms with Gasteiger partial charge in [0.25, 0.3) is 0 Å². The van der Waals surface area contributed by atoms with Crippen LogP contribution in [0.1, 0.15) is 5.56 Å². The maximum atomic E-state index is 12.0. The van der Waals surface area contributed by atoms with Gasteiger partial charge in [-0.25, -0.2) is 9.78 Å². The standard InChI is InChI=1S/C19H14ClN3O2S/c20-14-7-5-12(6-8-14)10-21-18(24)23-19-22-15(11-26-19)17-9-13-3-1-2-4-16(13)25-17/h1-9,11H,10H2,(H2,21,22,23,24). The number of urea groups is 1. The number of benzene rings is 2. The molecule has 130 valence electrons. The molecular formula is C19H14ClN3O2S. The molecule has 0 unspecified atom stereocenters. The molecule has 2 aromatic carbocycles. The molecule has 2 amide bonds. The molecule has 4 rings (SSSR count). The van der Waals surface area contributed by atoms with Gasteiger partial charge in [-0.05, 0) is 29.8 Å². The van der Waals surface area contributed by atoms with Crippen LogP contribution in [0.4, 0.5) is 9.93 Å². The predicted octanol–water partition coefficient (Wildman–Crippen LogP) is 5.53. The quantitative estimate of drug-likeness (QED) is 0.486. The molecule has 0 aliphatic heterocycles. The molecule has 0 aliphatic carbocycles. The van der Waals surface area contributed by atoms with Gasteiger partial charge in [-0.1, -0.05) is 41.9 Å². The number of halogens is 1. The predicted molar refractivity (Wildman–Crippen MR) is 105 cm³/mol. The Bertz CT molecular complexity index is 1020. The first-order chi connectivity index (χ1) is 12.7. The van der Waals surface area contributed by atoms with Gasteiger partial charge in [0.15, 0.2) is 10.9 Å². The highest BCUT2D eigenvalue weighted by molar-refractivity contribution is 7.14. The fraction of sp³-hybridized carbons (Fsp3) is 0.0526. The Morgan fingerprint density at radius 3 is 2.77 bits per heavy atom. The number of nitrogens with one attached hydrogen (secondary N) is 2. The van der Waals surface area contributed by atoms with Crippen LogP contribution in [0.2, 0.25) is 5.02 Å². The lowest BCUT2D eigenvalue weighted by Gasteiger charge is -2.05. The molecule has 0 bridgehead atoms. The largest absolute Gasteiger partial charge is 0.454 e. The smallest absolute Gasteiger partial charge is 0.321 e. The van der Waals surface area contributed by atoms with Crippen molar-refractivity contribution in [3.8, 4) is 11.5 Å². The molecule has 0 saturated carbocycles. The van der Waals surface area contributed by atoms with Crippen LogP contribution in [0.15, 0.2) is 64.4 Å². The molecular weight excluding hydrogens is 370 g/mol. The highest BCUT2D eigenvalue weighted by atomic mass is 35.5. The van der Waals surface area contributed by atoms with E-state index in [2.05, 4.69) is 15.6 Å². The number of carbonyl (C=O) groups is 1. The summed E-state index contributed by atoms with van der Waals surface area (Å²) in [7, 11) is 0. The van der Waals surface area contributed by atoms with Gasteiger partial charge in [0.2, 0.25) is 0 Å². The van der Waals surface area contributed by atoms with Gasteiger partial charge in [-0.15, -0.1) is 11.3 Å². The molecule has 0 spiro atoms. The van der Waals surface area contributed by atoms with Crippen molar-refractivity contribution in [2.24, 2.45) is 0 Å². The van der Waals surface area contributed by atoms with E-state index in [0.717, 1.165) is 16.5 Å². The Kier molecular flexibility index (Phi) is 4.60. The third-order valence-electron chi connectivity index (χ3n) is 3.77. The lowest BCUT2D eigenvalue weighted by molar-refractivity contribution is 0.251. The lowest BCUT2D eigenvalue weighted by atomic mass is 10.2. The second-order valence-electron chi connectivity index (χ2n) is 5.62. The van der Waals surface area contributed by atoms with Gasteiger partial charge >= 0.3 is 6.03 Å². The molecule has 7 heteroatoms. The minimum Gasteiger partial charge on any atom is -0.454 e. The number of nitrogens with zero attached hydrogens (tertiary/aromatic N) is 1. The maximum Gasteiger partial charge on any atom is 0.321 e. The van der Waals surface area contributed by atoms with Crippen molar-refractivity contribution in [3.05, 3.63) is 70.6 Å². The van der Waals surface area contributed by atoms with Crippen molar-refractivity contribution in [2.45, 2.75) is 6.54 Å². The van der Waals surface area contributed by atoms with Gasteiger partial charge in [0, 0.05) is 22.3 Å². The number of hydrogen-bond acceptors (Lipinski definition) is 4. The van der Waals surface area contributed by atoms with E-state index in [9.17, 15) is 4.79 Å². The number of para-hydroxylation sites is 1. The van der Waals surface area contributed by atoms with Crippen LogP contribution < -0.4 is 10.6 Å². The average molecular weight is 384 g/mol. The molecule has 0 atom stereocenters. The average Bonchev–Trinajstić information content (AvgIpc) is 3.27. The van der Waals surface area contributed by atoms with Crippen molar-refractivity contribution < 1.29 is 9.21 Å². The summed E-state index contributed by atoms with van der Waals surface area (Å²) in [5.41, 5.74) is 2.47. The van der Waals surface area contributed by atoms with Gasteiger partial charge in [-0.3, -0.25) is 5.32 Å². The Hall–Kier alpha value is -2.83. The summed E-state index contributed by atoms with van der Waals surface area (Å²) in [5, 5.41) is 9.57. The van der Waals surface area contributed by atoms with Crippen LogP contribution in [0, 0.1) is 0 Å². The van der Waals surface area contributed by atoms with E-state index >= 15 is 0 Å². The summed E-state index contributed by atoms with van der Waals surface area (Å²) >= 11 is 7.19. The number of aromatic nitrogens is 1. The van der Waals surface area contributed by atoms with E-state index < -0.39 is 0 Å².